The molecule has 3 unspecified atom stereocenters. The van der Waals surface area contributed by atoms with Crippen LogP contribution in [0.25, 0.3) is 0 Å². The Morgan fingerprint density at radius 2 is 1.63 bits per heavy atom. The van der Waals surface area contributed by atoms with Gasteiger partial charge in [-0.2, -0.15) is 0 Å². The lowest BCUT2D eigenvalue weighted by molar-refractivity contribution is -0.142. The first kappa shape index (κ1) is 33.6. The zero-order valence-corrected chi connectivity index (χ0v) is 27.5. The molecule has 1 amide bonds. The predicted molar refractivity (Wildman–Crippen MR) is 167 cm³/mol. The summed E-state index contributed by atoms with van der Waals surface area (Å²) in [4.78, 5) is 41.6. The zero-order chi connectivity index (χ0) is 30.6. The van der Waals surface area contributed by atoms with Gasteiger partial charge in [0.15, 0.2) is 5.78 Å². The second-order valence-electron chi connectivity index (χ2n) is 15.9. The molecule has 2 aliphatic carbocycles. The van der Waals surface area contributed by atoms with Gasteiger partial charge in [-0.25, -0.2) is 0 Å². The Bertz CT molecular complexity index is 937. The Hall–Kier alpha value is -1.89. The van der Waals surface area contributed by atoms with Gasteiger partial charge >= 0.3 is 0 Å². The van der Waals surface area contributed by atoms with E-state index >= 15 is 0 Å². The van der Waals surface area contributed by atoms with Gasteiger partial charge in [-0.05, 0) is 80.1 Å². The van der Waals surface area contributed by atoms with E-state index in [1.165, 1.54) is 19.3 Å². The van der Waals surface area contributed by atoms with Crippen LogP contribution in [0.2, 0.25) is 0 Å². The molecule has 3 fully saturated rings. The number of hydrogen-bond donors (Lipinski definition) is 3. The quantitative estimate of drug-likeness (QED) is 0.251. The summed E-state index contributed by atoms with van der Waals surface area (Å²) in [5.74, 6) is 1.99. The van der Waals surface area contributed by atoms with Gasteiger partial charge in [0.25, 0.3) is 0 Å². The lowest BCUT2D eigenvalue weighted by Gasteiger charge is -2.44. The number of rotatable bonds is 14. The van der Waals surface area contributed by atoms with Crippen LogP contribution in [-0.2, 0) is 14.4 Å². The molecule has 234 valence electrons. The summed E-state index contributed by atoms with van der Waals surface area (Å²) in [6, 6.07) is -0.810. The predicted octanol–water partition coefficient (Wildman–Crippen LogP) is 5.59. The van der Waals surface area contributed by atoms with Gasteiger partial charge in [-0.3, -0.25) is 14.4 Å². The van der Waals surface area contributed by atoms with Crippen molar-refractivity contribution in [1.82, 2.24) is 20.9 Å². The average Bonchev–Trinajstić information content (AvgIpc) is 3.56. The molecule has 7 nitrogen and oxygen atoms in total. The Labute approximate surface area is 250 Å². The second-order valence-corrected chi connectivity index (χ2v) is 15.9. The number of likely N-dealkylation sites (tertiary alicyclic amines) is 1. The Morgan fingerprint density at radius 3 is 2.17 bits per heavy atom. The molecular weight excluding hydrogens is 512 g/mol. The van der Waals surface area contributed by atoms with Crippen LogP contribution in [0.3, 0.4) is 0 Å². The van der Waals surface area contributed by atoms with Gasteiger partial charge in [0, 0.05) is 19.0 Å². The SMILES string of the molecule is C=C(NC(CCC(=O)CNCC1CC1)C(C)(C)C)NC(C(=O)N1C[C@H](C(C)(C)C)CC1C(C)=O)C1(C)CCCCC1. The van der Waals surface area contributed by atoms with Crippen LogP contribution in [-0.4, -0.2) is 60.1 Å². The van der Waals surface area contributed by atoms with Gasteiger partial charge in [0.2, 0.25) is 5.91 Å². The summed E-state index contributed by atoms with van der Waals surface area (Å²) >= 11 is 0. The number of carbonyl (C=O) groups is 3. The van der Waals surface area contributed by atoms with Crippen molar-refractivity contribution in [1.29, 1.82) is 0 Å². The first-order valence-corrected chi connectivity index (χ1v) is 16.3. The highest BCUT2D eigenvalue weighted by Crippen LogP contribution is 2.42. The van der Waals surface area contributed by atoms with E-state index in [0.29, 0.717) is 31.8 Å². The van der Waals surface area contributed by atoms with Gasteiger partial charge in [-0.1, -0.05) is 74.3 Å². The molecule has 3 aliphatic rings. The van der Waals surface area contributed by atoms with Gasteiger partial charge in [0.1, 0.15) is 11.8 Å². The second kappa shape index (κ2) is 13.6. The summed E-state index contributed by atoms with van der Waals surface area (Å²) in [7, 11) is 0. The molecular formula is C34H60N4O3. The monoisotopic (exact) mass is 572 g/mol. The first-order chi connectivity index (χ1) is 19.0. The van der Waals surface area contributed by atoms with Crippen LogP contribution >= 0.6 is 0 Å². The normalized spacial score (nSPS) is 24.4. The van der Waals surface area contributed by atoms with E-state index in [4.69, 9.17) is 0 Å². The Kier molecular flexibility index (Phi) is 11.2. The number of Topliss-reactive ketones (excluding diaryl/α,β-unsaturated/α-hetero) is 2. The summed E-state index contributed by atoms with van der Waals surface area (Å²) in [6.07, 6.45) is 9.82. The maximum Gasteiger partial charge on any atom is 0.246 e. The number of carbonyl (C=O) groups excluding carboxylic acids is 3. The smallest absolute Gasteiger partial charge is 0.246 e. The molecule has 1 saturated heterocycles. The summed E-state index contributed by atoms with van der Waals surface area (Å²) in [5, 5.41) is 10.4. The van der Waals surface area contributed by atoms with Crippen molar-refractivity contribution in [2.24, 2.45) is 28.1 Å². The molecule has 1 heterocycles. The van der Waals surface area contributed by atoms with E-state index in [0.717, 1.165) is 44.6 Å². The van der Waals surface area contributed by atoms with E-state index in [9.17, 15) is 14.4 Å². The van der Waals surface area contributed by atoms with Gasteiger partial charge in [0.05, 0.1) is 18.4 Å². The Balaban J connectivity index is 1.72. The van der Waals surface area contributed by atoms with Crippen molar-refractivity contribution in [3.05, 3.63) is 12.4 Å². The van der Waals surface area contributed by atoms with E-state index in [1.54, 1.807) is 6.92 Å². The van der Waals surface area contributed by atoms with Crippen molar-refractivity contribution in [3.8, 4) is 0 Å². The summed E-state index contributed by atoms with van der Waals surface area (Å²) in [6.45, 7) is 23.3. The van der Waals surface area contributed by atoms with Crippen LogP contribution in [0.5, 0.6) is 0 Å². The van der Waals surface area contributed by atoms with E-state index in [-0.39, 0.29) is 51.7 Å². The number of ketones is 2. The minimum atomic E-state index is -0.461. The molecule has 3 N–H and O–H groups in total. The van der Waals surface area contributed by atoms with E-state index < -0.39 is 6.04 Å². The van der Waals surface area contributed by atoms with Crippen LogP contribution in [0.4, 0.5) is 0 Å². The van der Waals surface area contributed by atoms with Crippen molar-refractivity contribution >= 4 is 17.5 Å². The van der Waals surface area contributed by atoms with Crippen molar-refractivity contribution in [2.75, 3.05) is 19.6 Å². The summed E-state index contributed by atoms with van der Waals surface area (Å²) < 4.78 is 0. The molecule has 0 spiro atoms. The highest BCUT2D eigenvalue weighted by Gasteiger charge is 2.48. The zero-order valence-electron chi connectivity index (χ0n) is 27.5. The first-order valence-electron chi connectivity index (χ1n) is 16.3. The molecule has 41 heavy (non-hydrogen) atoms. The van der Waals surface area contributed by atoms with E-state index in [2.05, 4.69) is 71.0 Å². The van der Waals surface area contributed by atoms with Gasteiger partial charge < -0.3 is 20.9 Å². The fraction of sp³-hybridized carbons (Fsp3) is 0.853. The van der Waals surface area contributed by atoms with Crippen LogP contribution in [0.15, 0.2) is 12.4 Å². The molecule has 1 aliphatic heterocycles. The Morgan fingerprint density at radius 1 is 1.00 bits per heavy atom. The van der Waals surface area contributed by atoms with E-state index in [1.807, 2.05) is 4.90 Å². The fourth-order valence-corrected chi connectivity index (χ4v) is 6.72. The van der Waals surface area contributed by atoms with Crippen LogP contribution in [0.1, 0.15) is 120 Å². The fourth-order valence-electron chi connectivity index (χ4n) is 6.72. The van der Waals surface area contributed by atoms with Crippen LogP contribution < -0.4 is 16.0 Å². The highest BCUT2D eigenvalue weighted by molar-refractivity contribution is 5.91. The number of amides is 1. The van der Waals surface area contributed by atoms with Crippen molar-refractivity contribution in [3.63, 3.8) is 0 Å². The molecule has 2 saturated carbocycles. The number of hydrogen-bond acceptors (Lipinski definition) is 6. The average molecular weight is 573 g/mol. The number of nitrogens with zero attached hydrogens (tertiary/aromatic N) is 1. The summed E-state index contributed by atoms with van der Waals surface area (Å²) in [5.41, 5.74) is -0.299. The largest absolute Gasteiger partial charge is 0.369 e. The molecule has 0 aromatic heterocycles. The van der Waals surface area contributed by atoms with Crippen molar-refractivity contribution < 1.29 is 14.4 Å². The third kappa shape index (κ3) is 9.56. The molecule has 7 heteroatoms. The molecule has 0 bridgehead atoms. The topological polar surface area (TPSA) is 90.5 Å². The maximum absolute atomic E-state index is 14.4. The minimum absolute atomic E-state index is 0.0202. The molecule has 0 radical (unpaired) electrons. The minimum Gasteiger partial charge on any atom is -0.369 e. The lowest BCUT2D eigenvalue weighted by Crippen LogP contribution is -2.58. The lowest BCUT2D eigenvalue weighted by atomic mass is 9.70. The standard InChI is InChI=1S/C34H60N4O3/c1-23(39)28-19-26(32(3,4)5)22-38(28)31(41)30(34(9)17-11-10-12-18-34)37-24(2)36-29(33(6,7)8)16-15-27(40)21-35-20-25-13-14-25/h25-26,28-30,35-37H,2,10-22H2,1,3-9H3/t26-,28?,29?,30?/m1/s1. The maximum atomic E-state index is 14.4. The third-order valence-electron chi connectivity index (χ3n) is 10.1. The molecule has 0 aromatic carbocycles. The molecule has 3 rings (SSSR count). The third-order valence-corrected chi connectivity index (χ3v) is 10.1. The highest BCUT2D eigenvalue weighted by atomic mass is 16.2. The van der Waals surface area contributed by atoms with Gasteiger partial charge in [-0.15, -0.1) is 0 Å². The molecule has 0 aromatic rings. The molecule has 4 atom stereocenters. The van der Waals surface area contributed by atoms with Crippen LogP contribution in [0, 0.1) is 28.1 Å². The number of nitrogens with one attached hydrogen (secondary N) is 3. The van der Waals surface area contributed by atoms with Crippen molar-refractivity contribution in [2.45, 2.75) is 138 Å².